The SMILES string of the molecule is CN=C(NCc1cccc(COCc2ccccc2)c1)NCc1cccc(OC)c1.I. The van der Waals surface area contributed by atoms with E-state index < -0.39 is 0 Å². The van der Waals surface area contributed by atoms with E-state index in [1.54, 1.807) is 14.2 Å². The molecule has 3 aromatic rings. The van der Waals surface area contributed by atoms with E-state index in [-0.39, 0.29) is 24.0 Å². The Bertz CT molecular complexity index is 948. The van der Waals surface area contributed by atoms with Crippen molar-refractivity contribution in [3.8, 4) is 5.75 Å². The topological polar surface area (TPSA) is 54.9 Å². The Labute approximate surface area is 201 Å². The van der Waals surface area contributed by atoms with Crippen molar-refractivity contribution in [1.82, 2.24) is 10.6 Å². The van der Waals surface area contributed by atoms with E-state index in [1.165, 1.54) is 11.1 Å². The summed E-state index contributed by atoms with van der Waals surface area (Å²) in [6, 6.07) is 26.6. The van der Waals surface area contributed by atoms with Gasteiger partial charge in [-0.3, -0.25) is 4.99 Å². The Kier molecular flexibility index (Phi) is 10.9. The van der Waals surface area contributed by atoms with Gasteiger partial charge in [0.05, 0.1) is 20.3 Å². The molecule has 0 bridgehead atoms. The van der Waals surface area contributed by atoms with Gasteiger partial charge in [-0.05, 0) is 34.4 Å². The number of methoxy groups -OCH3 is 1. The van der Waals surface area contributed by atoms with Crippen LogP contribution in [-0.4, -0.2) is 20.1 Å². The maximum Gasteiger partial charge on any atom is 0.191 e. The Balaban J connectivity index is 0.00000341. The summed E-state index contributed by atoms with van der Waals surface area (Å²) >= 11 is 0. The highest BCUT2D eigenvalue weighted by Crippen LogP contribution is 2.12. The minimum absolute atomic E-state index is 0. The fraction of sp³-hybridized carbons (Fsp3) is 0.240. The summed E-state index contributed by atoms with van der Waals surface area (Å²) in [4.78, 5) is 4.30. The first-order valence-corrected chi connectivity index (χ1v) is 10.0. The summed E-state index contributed by atoms with van der Waals surface area (Å²) in [5.74, 6) is 1.60. The van der Waals surface area contributed by atoms with E-state index in [4.69, 9.17) is 9.47 Å². The van der Waals surface area contributed by atoms with Crippen LogP contribution in [0.25, 0.3) is 0 Å². The van der Waals surface area contributed by atoms with Crippen molar-refractivity contribution >= 4 is 29.9 Å². The van der Waals surface area contributed by atoms with Crippen LogP contribution in [0, 0.1) is 0 Å². The van der Waals surface area contributed by atoms with Crippen LogP contribution < -0.4 is 15.4 Å². The molecule has 0 aromatic heterocycles. The fourth-order valence-corrected chi connectivity index (χ4v) is 3.06. The molecule has 0 aliphatic carbocycles. The summed E-state index contributed by atoms with van der Waals surface area (Å²) in [7, 11) is 3.45. The molecule has 5 nitrogen and oxygen atoms in total. The van der Waals surface area contributed by atoms with Crippen molar-refractivity contribution in [1.29, 1.82) is 0 Å². The van der Waals surface area contributed by atoms with E-state index in [2.05, 4.69) is 58.1 Å². The molecule has 0 atom stereocenters. The molecular weight excluding hydrogens is 501 g/mol. The summed E-state index contributed by atoms with van der Waals surface area (Å²) in [5.41, 5.74) is 4.65. The minimum Gasteiger partial charge on any atom is -0.497 e. The minimum atomic E-state index is 0. The molecule has 31 heavy (non-hydrogen) atoms. The molecule has 0 saturated carbocycles. The maximum atomic E-state index is 5.85. The van der Waals surface area contributed by atoms with E-state index >= 15 is 0 Å². The lowest BCUT2D eigenvalue weighted by atomic mass is 10.1. The second-order valence-electron chi connectivity index (χ2n) is 6.93. The first kappa shape index (κ1) is 24.7. The average Bonchev–Trinajstić information content (AvgIpc) is 2.80. The zero-order chi connectivity index (χ0) is 21.0. The Morgan fingerprint density at radius 1 is 0.742 bits per heavy atom. The van der Waals surface area contributed by atoms with E-state index in [1.807, 2.05) is 36.4 Å². The molecule has 3 rings (SSSR count). The van der Waals surface area contributed by atoms with Crippen LogP contribution in [0.4, 0.5) is 0 Å². The molecule has 0 aliphatic rings. The summed E-state index contributed by atoms with van der Waals surface area (Å²) in [6.07, 6.45) is 0. The molecule has 0 spiro atoms. The van der Waals surface area contributed by atoms with Crippen LogP contribution >= 0.6 is 24.0 Å². The van der Waals surface area contributed by atoms with Crippen LogP contribution in [0.3, 0.4) is 0 Å². The molecule has 2 N–H and O–H groups in total. The number of aliphatic imine (C=N–C) groups is 1. The van der Waals surface area contributed by atoms with Gasteiger partial charge in [-0.2, -0.15) is 0 Å². The molecule has 0 unspecified atom stereocenters. The predicted octanol–water partition coefficient (Wildman–Crippen LogP) is 4.90. The summed E-state index contributed by atoms with van der Waals surface area (Å²) in [6.45, 7) is 2.56. The first-order valence-electron chi connectivity index (χ1n) is 10.0. The lowest BCUT2D eigenvalue weighted by molar-refractivity contribution is 0.107. The molecule has 0 fully saturated rings. The highest BCUT2D eigenvalue weighted by Gasteiger charge is 2.02. The molecular formula is C25H30IN3O2. The Morgan fingerprint density at radius 2 is 1.32 bits per heavy atom. The Hall–Kier alpha value is -2.58. The van der Waals surface area contributed by atoms with Gasteiger partial charge in [0.1, 0.15) is 5.75 Å². The van der Waals surface area contributed by atoms with Gasteiger partial charge in [0, 0.05) is 20.1 Å². The van der Waals surface area contributed by atoms with Crippen LogP contribution in [0.15, 0.2) is 83.9 Å². The standard InChI is InChI=1S/C25H29N3O2.HI/c1-26-25(28-17-22-11-7-13-24(15-22)29-2)27-16-21-10-6-12-23(14-21)19-30-18-20-8-4-3-5-9-20;/h3-15H,16-19H2,1-2H3,(H2,26,27,28);1H. The van der Waals surface area contributed by atoms with Crippen molar-refractivity contribution in [3.05, 3.63) is 101 Å². The van der Waals surface area contributed by atoms with Gasteiger partial charge < -0.3 is 20.1 Å². The fourth-order valence-electron chi connectivity index (χ4n) is 3.06. The van der Waals surface area contributed by atoms with Gasteiger partial charge in [-0.15, -0.1) is 24.0 Å². The van der Waals surface area contributed by atoms with Gasteiger partial charge in [-0.25, -0.2) is 0 Å². The van der Waals surface area contributed by atoms with Crippen LogP contribution in [0.1, 0.15) is 22.3 Å². The molecule has 3 aromatic carbocycles. The highest BCUT2D eigenvalue weighted by molar-refractivity contribution is 14.0. The van der Waals surface area contributed by atoms with Crippen molar-refractivity contribution in [2.24, 2.45) is 4.99 Å². The second kappa shape index (κ2) is 13.7. The zero-order valence-electron chi connectivity index (χ0n) is 18.0. The van der Waals surface area contributed by atoms with Crippen LogP contribution in [0.2, 0.25) is 0 Å². The van der Waals surface area contributed by atoms with Gasteiger partial charge >= 0.3 is 0 Å². The number of rotatable bonds is 9. The van der Waals surface area contributed by atoms with E-state index in [0.29, 0.717) is 26.3 Å². The van der Waals surface area contributed by atoms with Gasteiger partial charge in [0.15, 0.2) is 5.96 Å². The number of guanidine groups is 1. The third-order valence-electron chi connectivity index (χ3n) is 4.65. The number of nitrogens with zero attached hydrogens (tertiary/aromatic N) is 1. The Morgan fingerprint density at radius 3 is 2.00 bits per heavy atom. The number of nitrogens with one attached hydrogen (secondary N) is 2. The third-order valence-corrected chi connectivity index (χ3v) is 4.65. The van der Waals surface area contributed by atoms with Crippen molar-refractivity contribution in [2.75, 3.05) is 14.2 Å². The first-order chi connectivity index (χ1) is 14.8. The largest absolute Gasteiger partial charge is 0.497 e. The van der Waals surface area contributed by atoms with Gasteiger partial charge in [-0.1, -0.05) is 66.7 Å². The molecule has 0 aliphatic heterocycles. The molecule has 0 amide bonds. The summed E-state index contributed by atoms with van der Waals surface area (Å²) in [5, 5.41) is 6.69. The monoisotopic (exact) mass is 531 g/mol. The number of benzene rings is 3. The third kappa shape index (κ3) is 8.59. The number of hydrogen-bond donors (Lipinski definition) is 2. The molecule has 0 saturated heterocycles. The number of halogens is 1. The average molecular weight is 531 g/mol. The van der Waals surface area contributed by atoms with Gasteiger partial charge in [0.25, 0.3) is 0 Å². The molecule has 6 heteroatoms. The molecule has 164 valence electrons. The van der Waals surface area contributed by atoms with E-state index in [9.17, 15) is 0 Å². The van der Waals surface area contributed by atoms with Crippen molar-refractivity contribution < 1.29 is 9.47 Å². The quantitative estimate of drug-likeness (QED) is 0.235. The maximum absolute atomic E-state index is 5.85. The number of hydrogen-bond acceptors (Lipinski definition) is 3. The number of ether oxygens (including phenoxy) is 2. The normalized spacial score (nSPS) is 10.8. The van der Waals surface area contributed by atoms with Crippen LogP contribution in [0.5, 0.6) is 5.75 Å². The van der Waals surface area contributed by atoms with Crippen molar-refractivity contribution in [3.63, 3.8) is 0 Å². The molecule has 0 heterocycles. The lowest BCUT2D eigenvalue weighted by Gasteiger charge is -2.13. The van der Waals surface area contributed by atoms with Crippen molar-refractivity contribution in [2.45, 2.75) is 26.3 Å². The second-order valence-corrected chi connectivity index (χ2v) is 6.93. The zero-order valence-corrected chi connectivity index (χ0v) is 20.3. The van der Waals surface area contributed by atoms with Crippen LogP contribution in [-0.2, 0) is 31.0 Å². The smallest absolute Gasteiger partial charge is 0.191 e. The highest BCUT2D eigenvalue weighted by atomic mass is 127. The van der Waals surface area contributed by atoms with Gasteiger partial charge in [0.2, 0.25) is 0 Å². The molecule has 0 radical (unpaired) electrons. The lowest BCUT2D eigenvalue weighted by Crippen LogP contribution is -2.36. The predicted molar refractivity (Wildman–Crippen MR) is 137 cm³/mol. The summed E-state index contributed by atoms with van der Waals surface area (Å²) < 4.78 is 11.1. The van der Waals surface area contributed by atoms with E-state index in [0.717, 1.165) is 22.8 Å².